The zero-order valence-corrected chi connectivity index (χ0v) is 10.7. The van der Waals surface area contributed by atoms with Gasteiger partial charge in [-0.2, -0.15) is 0 Å². The molecule has 0 saturated heterocycles. The van der Waals surface area contributed by atoms with Gasteiger partial charge in [-0.1, -0.05) is 23.7 Å². The number of benzene rings is 1. The molecule has 1 aromatic rings. The highest BCUT2D eigenvalue weighted by Crippen LogP contribution is 2.44. The molecule has 1 fully saturated rings. The Morgan fingerprint density at radius 1 is 1.35 bits per heavy atom. The van der Waals surface area contributed by atoms with Crippen molar-refractivity contribution in [1.82, 2.24) is 10.6 Å². The van der Waals surface area contributed by atoms with Crippen LogP contribution in [0.4, 0.5) is 0 Å². The van der Waals surface area contributed by atoms with Crippen molar-refractivity contribution in [1.29, 1.82) is 0 Å². The van der Waals surface area contributed by atoms with Crippen LogP contribution in [0.1, 0.15) is 23.2 Å². The Morgan fingerprint density at radius 3 is 2.65 bits per heavy atom. The van der Waals surface area contributed by atoms with Crippen LogP contribution in [0.15, 0.2) is 24.3 Å². The molecule has 0 radical (unpaired) electrons. The van der Waals surface area contributed by atoms with E-state index in [1.54, 1.807) is 12.1 Å². The average Bonchev–Trinajstić information content (AvgIpc) is 3.08. The number of hydrogen-bond acceptors (Lipinski definition) is 2. The van der Waals surface area contributed by atoms with Crippen molar-refractivity contribution in [2.45, 2.75) is 12.8 Å². The molecule has 1 aromatic carbocycles. The van der Waals surface area contributed by atoms with Gasteiger partial charge in [0, 0.05) is 18.5 Å². The maximum atomic E-state index is 11.9. The van der Waals surface area contributed by atoms with Gasteiger partial charge in [-0.05, 0) is 32.0 Å². The lowest BCUT2D eigenvalue weighted by Crippen LogP contribution is -2.35. The number of amides is 1. The van der Waals surface area contributed by atoms with Crippen LogP contribution in [0.5, 0.6) is 0 Å². The van der Waals surface area contributed by atoms with Crippen molar-refractivity contribution in [3.63, 3.8) is 0 Å². The van der Waals surface area contributed by atoms with E-state index < -0.39 is 0 Å². The monoisotopic (exact) mass is 252 g/mol. The fraction of sp³-hybridized carbons (Fsp3) is 0.462. The molecule has 0 bridgehead atoms. The van der Waals surface area contributed by atoms with Crippen LogP contribution in [-0.4, -0.2) is 26.0 Å². The van der Waals surface area contributed by atoms with Crippen molar-refractivity contribution < 1.29 is 4.79 Å². The van der Waals surface area contributed by atoms with E-state index in [1.165, 1.54) is 12.8 Å². The summed E-state index contributed by atoms with van der Waals surface area (Å²) in [5.41, 5.74) is 0.820. The second kappa shape index (κ2) is 5.07. The highest BCUT2D eigenvalue weighted by Gasteiger charge is 2.41. The van der Waals surface area contributed by atoms with Gasteiger partial charge in [0.25, 0.3) is 5.91 Å². The van der Waals surface area contributed by atoms with Gasteiger partial charge in [0.2, 0.25) is 0 Å². The Labute approximate surface area is 107 Å². The van der Waals surface area contributed by atoms with Crippen LogP contribution >= 0.6 is 11.6 Å². The van der Waals surface area contributed by atoms with Crippen LogP contribution in [0.3, 0.4) is 0 Å². The molecular formula is C13H17ClN2O. The summed E-state index contributed by atoms with van der Waals surface area (Å²) in [6, 6.07) is 7.12. The van der Waals surface area contributed by atoms with Gasteiger partial charge >= 0.3 is 0 Å². The first kappa shape index (κ1) is 12.4. The Bertz CT molecular complexity index is 416. The number of carbonyl (C=O) groups excluding carboxylic acids is 1. The first-order chi connectivity index (χ1) is 8.17. The predicted molar refractivity (Wildman–Crippen MR) is 69.4 cm³/mol. The summed E-state index contributed by atoms with van der Waals surface area (Å²) in [4.78, 5) is 11.9. The lowest BCUT2D eigenvalue weighted by molar-refractivity contribution is 0.0945. The van der Waals surface area contributed by atoms with Crippen LogP contribution in [-0.2, 0) is 0 Å². The summed E-state index contributed by atoms with van der Waals surface area (Å²) in [6.45, 7) is 1.67. The number of hydrogen-bond donors (Lipinski definition) is 2. The Hall–Kier alpha value is -1.06. The number of carbonyl (C=O) groups is 1. The lowest BCUT2D eigenvalue weighted by Gasteiger charge is -2.15. The Balaban J connectivity index is 1.92. The SMILES string of the molecule is CNCC1(CNC(=O)c2ccccc2Cl)CC1. The van der Waals surface area contributed by atoms with E-state index >= 15 is 0 Å². The summed E-state index contributed by atoms with van der Waals surface area (Å²) in [5, 5.41) is 6.64. The molecule has 0 heterocycles. The average molecular weight is 253 g/mol. The van der Waals surface area contributed by atoms with Gasteiger partial charge < -0.3 is 10.6 Å². The highest BCUT2D eigenvalue weighted by atomic mass is 35.5. The van der Waals surface area contributed by atoms with E-state index in [0.717, 1.165) is 13.1 Å². The molecule has 0 aromatic heterocycles. The molecule has 1 amide bonds. The second-order valence-electron chi connectivity index (χ2n) is 4.69. The van der Waals surface area contributed by atoms with Gasteiger partial charge in [-0.3, -0.25) is 4.79 Å². The minimum atomic E-state index is -0.0852. The zero-order chi connectivity index (χ0) is 12.3. The van der Waals surface area contributed by atoms with E-state index in [-0.39, 0.29) is 11.3 Å². The molecular weight excluding hydrogens is 236 g/mol. The zero-order valence-electron chi connectivity index (χ0n) is 9.92. The summed E-state index contributed by atoms with van der Waals surface area (Å²) in [5.74, 6) is -0.0852. The van der Waals surface area contributed by atoms with E-state index in [2.05, 4.69) is 10.6 Å². The van der Waals surface area contributed by atoms with Crippen LogP contribution in [0, 0.1) is 5.41 Å². The third-order valence-corrected chi connectivity index (χ3v) is 3.58. The smallest absolute Gasteiger partial charge is 0.252 e. The predicted octanol–water partition coefficient (Wildman–Crippen LogP) is 2.07. The summed E-state index contributed by atoms with van der Waals surface area (Å²) >= 11 is 5.97. The van der Waals surface area contributed by atoms with E-state index in [9.17, 15) is 4.79 Å². The quantitative estimate of drug-likeness (QED) is 0.842. The van der Waals surface area contributed by atoms with Crippen molar-refractivity contribution in [2.24, 2.45) is 5.41 Å². The van der Waals surface area contributed by atoms with Crippen molar-refractivity contribution in [2.75, 3.05) is 20.1 Å². The van der Waals surface area contributed by atoms with Crippen LogP contribution in [0.25, 0.3) is 0 Å². The summed E-state index contributed by atoms with van der Waals surface area (Å²) < 4.78 is 0. The van der Waals surface area contributed by atoms with Crippen molar-refractivity contribution in [3.05, 3.63) is 34.9 Å². The minimum Gasteiger partial charge on any atom is -0.351 e. The van der Waals surface area contributed by atoms with E-state index in [4.69, 9.17) is 11.6 Å². The van der Waals surface area contributed by atoms with Crippen LogP contribution < -0.4 is 10.6 Å². The van der Waals surface area contributed by atoms with Gasteiger partial charge in [-0.15, -0.1) is 0 Å². The van der Waals surface area contributed by atoms with Crippen molar-refractivity contribution in [3.8, 4) is 0 Å². The molecule has 1 saturated carbocycles. The maximum Gasteiger partial charge on any atom is 0.252 e. The molecule has 17 heavy (non-hydrogen) atoms. The molecule has 4 heteroatoms. The third kappa shape index (κ3) is 2.99. The topological polar surface area (TPSA) is 41.1 Å². The molecule has 0 atom stereocenters. The van der Waals surface area contributed by atoms with Crippen LogP contribution in [0.2, 0.25) is 5.02 Å². The first-order valence-corrected chi connectivity index (χ1v) is 6.22. The first-order valence-electron chi connectivity index (χ1n) is 5.84. The third-order valence-electron chi connectivity index (χ3n) is 3.25. The molecule has 1 aliphatic rings. The van der Waals surface area contributed by atoms with Gasteiger partial charge in [-0.25, -0.2) is 0 Å². The van der Waals surface area contributed by atoms with Gasteiger partial charge in [0.05, 0.1) is 10.6 Å². The molecule has 2 N–H and O–H groups in total. The Kier molecular flexibility index (Phi) is 3.69. The fourth-order valence-electron chi connectivity index (χ4n) is 1.98. The lowest BCUT2D eigenvalue weighted by atomic mass is 10.1. The minimum absolute atomic E-state index is 0.0852. The molecule has 0 unspecified atom stereocenters. The molecule has 2 rings (SSSR count). The standard InChI is InChI=1S/C13H17ClN2O/c1-15-8-13(6-7-13)9-16-12(17)10-4-2-3-5-11(10)14/h2-5,15H,6-9H2,1H3,(H,16,17). The molecule has 92 valence electrons. The van der Waals surface area contributed by atoms with Crippen molar-refractivity contribution >= 4 is 17.5 Å². The summed E-state index contributed by atoms with van der Waals surface area (Å²) in [7, 11) is 1.94. The maximum absolute atomic E-state index is 11.9. The second-order valence-corrected chi connectivity index (χ2v) is 5.10. The molecule has 1 aliphatic carbocycles. The van der Waals surface area contributed by atoms with Gasteiger partial charge in [0.15, 0.2) is 0 Å². The Morgan fingerprint density at radius 2 is 2.06 bits per heavy atom. The number of halogens is 1. The normalized spacial score (nSPS) is 16.6. The van der Waals surface area contributed by atoms with E-state index in [1.807, 2.05) is 19.2 Å². The van der Waals surface area contributed by atoms with Gasteiger partial charge in [0.1, 0.15) is 0 Å². The summed E-state index contributed by atoms with van der Waals surface area (Å²) in [6.07, 6.45) is 2.35. The highest BCUT2D eigenvalue weighted by molar-refractivity contribution is 6.33. The molecule has 0 aliphatic heterocycles. The number of nitrogens with one attached hydrogen (secondary N) is 2. The molecule has 3 nitrogen and oxygen atoms in total. The molecule has 0 spiro atoms. The largest absolute Gasteiger partial charge is 0.351 e. The fourth-order valence-corrected chi connectivity index (χ4v) is 2.20. The van der Waals surface area contributed by atoms with E-state index in [0.29, 0.717) is 10.6 Å². The number of rotatable bonds is 5.